The molecule has 0 bridgehead atoms. The molecule has 4 heterocycles. The predicted octanol–water partition coefficient (Wildman–Crippen LogP) is 2.03. The quantitative estimate of drug-likeness (QED) is 0.818. The lowest BCUT2D eigenvalue weighted by Crippen LogP contribution is -2.49. The van der Waals surface area contributed by atoms with Crippen LogP contribution in [0, 0.1) is 13.8 Å². The lowest BCUT2D eigenvalue weighted by Gasteiger charge is -2.36. The van der Waals surface area contributed by atoms with Crippen LogP contribution in [0.15, 0.2) is 16.8 Å². The van der Waals surface area contributed by atoms with Gasteiger partial charge in [-0.3, -0.25) is 4.79 Å². The third-order valence-corrected chi connectivity index (χ3v) is 5.41. The molecule has 2 saturated heterocycles. The van der Waals surface area contributed by atoms with Crippen LogP contribution in [-0.2, 0) is 0 Å². The summed E-state index contributed by atoms with van der Waals surface area (Å²) in [7, 11) is 0. The molecule has 8 heteroatoms. The maximum Gasteiger partial charge on any atom is 0.259 e. The number of piperidine rings is 1. The Labute approximate surface area is 159 Å². The molecule has 4 rings (SSSR count). The van der Waals surface area contributed by atoms with Gasteiger partial charge in [-0.1, -0.05) is 5.16 Å². The normalized spacial score (nSPS) is 18.1. The van der Waals surface area contributed by atoms with Gasteiger partial charge in [0.25, 0.3) is 5.91 Å². The molecular weight excluding hydrogens is 344 g/mol. The van der Waals surface area contributed by atoms with Crippen LogP contribution in [0.5, 0.6) is 0 Å². The zero-order chi connectivity index (χ0) is 18.8. The van der Waals surface area contributed by atoms with Crippen molar-refractivity contribution in [3.63, 3.8) is 0 Å². The van der Waals surface area contributed by atoms with Gasteiger partial charge in [0, 0.05) is 45.5 Å². The van der Waals surface area contributed by atoms with Gasteiger partial charge in [0.15, 0.2) is 0 Å². The molecule has 8 nitrogen and oxygen atoms in total. The molecule has 0 aromatic carbocycles. The van der Waals surface area contributed by atoms with E-state index in [9.17, 15) is 4.79 Å². The van der Waals surface area contributed by atoms with E-state index in [1.165, 1.54) is 19.3 Å². The number of carbonyl (C=O) groups is 1. The maximum absolute atomic E-state index is 12.8. The molecule has 2 aromatic heterocycles. The number of aromatic nitrogens is 3. The van der Waals surface area contributed by atoms with E-state index in [1.54, 1.807) is 6.92 Å². The monoisotopic (exact) mass is 370 g/mol. The van der Waals surface area contributed by atoms with Gasteiger partial charge in [-0.15, -0.1) is 0 Å². The van der Waals surface area contributed by atoms with E-state index in [1.807, 2.05) is 24.1 Å². The van der Waals surface area contributed by atoms with Gasteiger partial charge in [-0.05, 0) is 39.2 Å². The minimum Gasteiger partial charge on any atom is -0.361 e. The molecule has 1 amide bonds. The van der Waals surface area contributed by atoms with Gasteiger partial charge in [0.1, 0.15) is 17.1 Å². The first-order valence-electron chi connectivity index (χ1n) is 9.68. The Balaban J connectivity index is 1.41. The van der Waals surface area contributed by atoms with E-state index >= 15 is 0 Å². The van der Waals surface area contributed by atoms with E-state index in [0.29, 0.717) is 30.1 Å². The summed E-state index contributed by atoms with van der Waals surface area (Å²) in [6.07, 6.45) is 5.54. The molecule has 0 spiro atoms. The lowest BCUT2D eigenvalue weighted by atomic mass is 10.1. The number of amides is 1. The Morgan fingerprint density at radius 1 is 1.00 bits per heavy atom. The molecule has 0 N–H and O–H groups in total. The SMILES string of the molecule is Cc1noc(C)c1C(=O)N1CCN(c2ccnc(N3CCCCC3)n2)CC1. The summed E-state index contributed by atoms with van der Waals surface area (Å²) < 4.78 is 5.14. The second kappa shape index (κ2) is 7.54. The van der Waals surface area contributed by atoms with Crippen molar-refractivity contribution in [3.8, 4) is 0 Å². The first-order valence-corrected chi connectivity index (χ1v) is 9.68. The van der Waals surface area contributed by atoms with Crippen molar-refractivity contribution in [2.45, 2.75) is 33.1 Å². The smallest absolute Gasteiger partial charge is 0.259 e. The molecule has 0 atom stereocenters. The molecule has 0 aliphatic carbocycles. The molecule has 0 unspecified atom stereocenters. The molecule has 2 fully saturated rings. The number of anilines is 2. The third-order valence-electron chi connectivity index (χ3n) is 5.41. The van der Waals surface area contributed by atoms with Crippen molar-refractivity contribution < 1.29 is 9.32 Å². The van der Waals surface area contributed by atoms with Gasteiger partial charge < -0.3 is 19.2 Å². The summed E-state index contributed by atoms with van der Waals surface area (Å²) in [5, 5.41) is 3.89. The van der Waals surface area contributed by atoms with E-state index in [4.69, 9.17) is 9.51 Å². The summed E-state index contributed by atoms with van der Waals surface area (Å²) in [5.41, 5.74) is 1.25. The number of piperazine rings is 1. The summed E-state index contributed by atoms with van der Waals surface area (Å²) in [6.45, 7) is 8.48. The summed E-state index contributed by atoms with van der Waals surface area (Å²) in [5.74, 6) is 2.35. The molecule has 2 aliphatic heterocycles. The number of carbonyl (C=O) groups excluding carboxylic acids is 1. The van der Waals surface area contributed by atoms with Gasteiger partial charge in [-0.25, -0.2) is 4.98 Å². The Kier molecular flexibility index (Phi) is 4.96. The van der Waals surface area contributed by atoms with E-state index in [2.05, 4.69) is 19.9 Å². The number of aryl methyl sites for hydroxylation is 2. The van der Waals surface area contributed by atoms with Gasteiger partial charge in [-0.2, -0.15) is 4.98 Å². The second-order valence-electron chi connectivity index (χ2n) is 7.24. The van der Waals surface area contributed by atoms with Crippen LogP contribution in [0.3, 0.4) is 0 Å². The average Bonchev–Trinajstić information content (AvgIpc) is 3.06. The number of rotatable bonds is 3. The van der Waals surface area contributed by atoms with Gasteiger partial charge >= 0.3 is 0 Å². The summed E-state index contributed by atoms with van der Waals surface area (Å²) in [6, 6.07) is 1.96. The highest BCUT2D eigenvalue weighted by Gasteiger charge is 2.27. The van der Waals surface area contributed by atoms with Crippen molar-refractivity contribution in [3.05, 3.63) is 29.3 Å². The number of hydrogen-bond donors (Lipinski definition) is 0. The Hall–Kier alpha value is -2.64. The average molecular weight is 370 g/mol. The van der Waals surface area contributed by atoms with E-state index in [-0.39, 0.29) is 5.91 Å². The predicted molar refractivity (Wildman–Crippen MR) is 102 cm³/mol. The van der Waals surface area contributed by atoms with Crippen molar-refractivity contribution in [1.82, 2.24) is 20.0 Å². The van der Waals surface area contributed by atoms with Crippen molar-refractivity contribution in [2.75, 3.05) is 49.1 Å². The van der Waals surface area contributed by atoms with Crippen molar-refractivity contribution >= 4 is 17.7 Å². The first kappa shape index (κ1) is 17.8. The summed E-state index contributed by atoms with van der Waals surface area (Å²) in [4.78, 5) is 28.4. The second-order valence-corrected chi connectivity index (χ2v) is 7.24. The van der Waals surface area contributed by atoms with E-state index in [0.717, 1.165) is 37.9 Å². The van der Waals surface area contributed by atoms with Crippen molar-refractivity contribution in [2.24, 2.45) is 0 Å². The molecule has 0 saturated carbocycles. The molecular formula is C19H26N6O2. The Morgan fingerprint density at radius 2 is 1.74 bits per heavy atom. The Bertz CT molecular complexity index is 787. The minimum absolute atomic E-state index is 0.00240. The number of hydrogen-bond acceptors (Lipinski definition) is 7. The fourth-order valence-corrected chi connectivity index (χ4v) is 3.85. The molecule has 27 heavy (non-hydrogen) atoms. The highest BCUT2D eigenvalue weighted by atomic mass is 16.5. The van der Waals surface area contributed by atoms with Crippen LogP contribution >= 0.6 is 0 Å². The zero-order valence-electron chi connectivity index (χ0n) is 16.0. The van der Waals surface area contributed by atoms with E-state index < -0.39 is 0 Å². The third kappa shape index (κ3) is 3.61. The zero-order valence-corrected chi connectivity index (χ0v) is 16.0. The van der Waals surface area contributed by atoms with Crippen LogP contribution in [-0.4, -0.2) is 65.2 Å². The van der Waals surface area contributed by atoms with Crippen LogP contribution in [0.4, 0.5) is 11.8 Å². The van der Waals surface area contributed by atoms with Crippen LogP contribution < -0.4 is 9.80 Å². The van der Waals surface area contributed by atoms with Crippen LogP contribution in [0.25, 0.3) is 0 Å². The summed E-state index contributed by atoms with van der Waals surface area (Å²) >= 11 is 0. The standard InChI is InChI=1S/C19H26N6O2/c1-14-17(15(2)27-22-14)18(26)24-12-10-23(11-13-24)16-6-7-20-19(21-16)25-8-4-3-5-9-25/h6-7H,3-5,8-13H2,1-2H3. The Morgan fingerprint density at radius 3 is 2.41 bits per heavy atom. The highest BCUT2D eigenvalue weighted by molar-refractivity contribution is 5.96. The fraction of sp³-hybridized carbons (Fsp3) is 0.579. The number of nitrogens with zero attached hydrogens (tertiary/aromatic N) is 6. The fourth-order valence-electron chi connectivity index (χ4n) is 3.85. The first-order chi connectivity index (χ1) is 13.1. The molecule has 144 valence electrons. The van der Waals surface area contributed by atoms with Crippen LogP contribution in [0.2, 0.25) is 0 Å². The molecule has 2 aromatic rings. The van der Waals surface area contributed by atoms with Crippen molar-refractivity contribution in [1.29, 1.82) is 0 Å². The molecule has 2 aliphatic rings. The van der Waals surface area contributed by atoms with Crippen LogP contribution in [0.1, 0.15) is 41.1 Å². The molecule has 0 radical (unpaired) electrons. The van der Waals surface area contributed by atoms with Gasteiger partial charge in [0.05, 0.1) is 5.69 Å². The highest BCUT2D eigenvalue weighted by Crippen LogP contribution is 2.21. The largest absolute Gasteiger partial charge is 0.361 e. The van der Waals surface area contributed by atoms with Gasteiger partial charge in [0.2, 0.25) is 5.95 Å². The lowest BCUT2D eigenvalue weighted by molar-refractivity contribution is 0.0744. The minimum atomic E-state index is 0.00240. The maximum atomic E-state index is 12.8. The topological polar surface area (TPSA) is 78.6 Å².